The Morgan fingerprint density at radius 3 is 2.19 bits per heavy atom. The van der Waals surface area contributed by atoms with Crippen molar-refractivity contribution in [2.24, 2.45) is 0 Å². The van der Waals surface area contributed by atoms with Crippen molar-refractivity contribution >= 4 is 0 Å². The van der Waals surface area contributed by atoms with Gasteiger partial charge in [-0.15, -0.1) is 0 Å². The van der Waals surface area contributed by atoms with Gasteiger partial charge < -0.3 is 50.0 Å². The summed E-state index contributed by atoms with van der Waals surface area (Å²) < 4.78 is 15.2. The van der Waals surface area contributed by atoms with E-state index < -0.39 is 68.5 Å². The van der Waals surface area contributed by atoms with Crippen molar-refractivity contribution in [3.63, 3.8) is 0 Å². The minimum atomic E-state index is -1.90. The number of ether oxygens (including phenoxy) is 3. The maximum absolute atomic E-state index is 9.81. The van der Waals surface area contributed by atoms with Gasteiger partial charge in [0.2, 0.25) is 0 Å². The second-order valence-electron chi connectivity index (χ2n) is 5.22. The summed E-state index contributed by atoms with van der Waals surface area (Å²) in [6.45, 7) is -1.78. The van der Waals surface area contributed by atoms with Crippen LogP contribution < -0.4 is 0 Å². The Balaban J connectivity index is 2.02. The van der Waals surface area contributed by atoms with Crippen LogP contribution in [0.3, 0.4) is 0 Å². The van der Waals surface area contributed by atoms with E-state index in [1.165, 1.54) is 0 Å². The first-order valence-corrected chi connectivity index (χ1v) is 6.43. The van der Waals surface area contributed by atoms with Crippen molar-refractivity contribution in [3.05, 3.63) is 0 Å². The van der Waals surface area contributed by atoms with Crippen LogP contribution in [-0.2, 0) is 14.2 Å². The van der Waals surface area contributed by atoms with Gasteiger partial charge in [-0.2, -0.15) is 0 Å². The molecule has 2 heterocycles. The molecule has 2 saturated heterocycles. The minimum Gasteiger partial charge on any atom is -0.394 e. The zero-order chi connectivity index (χ0) is 15.8. The van der Waals surface area contributed by atoms with Crippen LogP contribution in [0, 0.1) is 0 Å². The van der Waals surface area contributed by atoms with Gasteiger partial charge in [0.1, 0.15) is 36.1 Å². The Labute approximate surface area is 119 Å². The highest BCUT2D eigenvalue weighted by molar-refractivity contribution is 4.95. The summed E-state index contributed by atoms with van der Waals surface area (Å²) in [7, 11) is 0. The molecule has 0 amide bonds. The minimum absolute atomic E-state index is 0.396. The number of hydrogen-bond donors (Lipinski definition) is 7. The third kappa shape index (κ3) is 3.05. The maximum atomic E-state index is 9.81. The SMILES string of the molecule is OC[C@H]1OC(O[C@@H]2OCC(O)(CO)[C@H]2O)[C@H](O)[C@@H](O)[C@@H]1O. The van der Waals surface area contributed by atoms with Crippen LogP contribution >= 0.6 is 0 Å². The molecule has 2 fully saturated rings. The molecule has 0 aromatic rings. The van der Waals surface area contributed by atoms with Crippen molar-refractivity contribution in [2.45, 2.75) is 48.7 Å². The molecule has 0 bridgehead atoms. The Bertz CT molecular complexity index is 352. The van der Waals surface area contributed by atoms with E-state index in [-0.39, 0.29) is 0 Å². The zero-order valence-electron chi connectivity index (χ0n) is 11.0. The lowest BCUT2D eigenvalue weighted by molar-refractivity contribution is -0.339. The molecule has 10 nitrogen and oxygen atoms in total. The number of rotatable bonds is 4. The van der Waals surface area contributed by atoms with Gasteiger partial charge in [0, 0.05) is 0 Å². The fraction of sp³-hybridized carbons (Fsp3) is 1.00. The van der Waals surface area contributed by atoms with Gasteiger partial charge >= 0.3 is 0 Å². The van der Waals surface area contributed by atoms with Gasteiger partial charge in [0.05, 0.1) is 19.8 Å². The Hall–Kier alpha value is -0.400. The quantitative estimate of drug-likeness (QED) is 0.267. The summed E-state index contributed by atoms with van der Waals surface area (Å²) in [5.74, 6) is 0. The second-order valence-corrected chi connectivity index (χ2v) is 5.22. The Morgan fingerprint density at radius 2 is 1.67 bits per heavy atom. The van der Waals surface area contributed by atoms with Gasteiger partial charge in [-0.25, -0.2) is 0 Å². The van der Waals surface area contributed by atoms with E-state index in [1.54, 1.807) is 0 Å². The normalized spacial score (nSPS) is 51.3. The van der Waals surface area contributed by atoms with Gasteiger partial charge in [-0.3, -0.25) is 0 Å². The first kappa shape index (κ1) is 17.0. The van der Waals surface area contributed by atoms with Crippen molar-refractivity contribution in [3.8, 4) is 0 Å². The molecule has 10 heteroatoms. The van der Waals surface area contributed by atoms with E-state index in [0.29, 0.717) is 0 Å². The van der Waals surface area contributed by atoms with Crippen molar-refractivity contribution in [1.82, 2.24) is 0 Å². The standard InChI is InChI=1S/C11H20O10/c12-1-4-5(14)6(15)7(16)9(20-4)21-10-8(17)11(18,2-13)3-19-10/h4-10,12-18H,1-3H2/t4-,5-,6+,7-,8+,9?,10+,11?/m1/s1. The lowest BCUT2D eigenvalue weighted by Crippen LogP contribution is -2.60. The Morgan fingerprint density at radius 1 is 1.00 bits per heavy atom. The van der Waals surface area contributed by atoms with E-state index in [2.05, 4.69) is 0 Å². The van der Waals surface area contributed by atoms with E-state index >= 15 is 0 Å². The van der Waals surface area contributed by atoms with Gasteiger partial charge in [-0.1, -0.05) is 0 Å². The fourth-order valence-electron chi connectivity index (χ4n) is 2.22. The summed E-state index contributed by atoms with van der Waals surface area (Å²) in [6.07, 6.45) is -10.5. The van der Waals surface area contributed by atoms with Crippen LogP contribution in [0.25, 0.3) is 0 Å². The maximum Gasteiger partial charge on any atom is 0.189 e. The zero-order valence-corrected chi connectivity index (χ0v) is 11.0. The molecule has 21 heavy (non-hydrogen) atoms. The summed E-state index contributed by atoms with van der Waals surface area (Å²) >= 11 is 0. The molecule has 0 radical (unpaired) electrons. The average Bonchev–Trinajstić information content (AvgIpc) is 2.76. The van der Waals surface area contributed by atoms with Crippen LogP contribution in [0.2, 0.25) is 0 Å². The van der Waals surface area contributed by atoms with Gasteiger partial charge in [0.25, 0.3) is 0 Å². The molecule has 0 aliphatic carbocycles. The fourth-order valence-corrected chi connectivity index (χ4v) is 2.22. The van der Waals surface area contributed by atoms with Crippen LogP contribution in [0.5, 0.6) is 0 Å². The molecule has 0 spiro atoms. The topological polar surface area (TPSA) is 169 Å². The van der Waals surface area contributed by atoms with E-state index in [4.69, 9.17) is 24.4 Å². The predicted molar refractivity (Wildman–Crippen MR) is 62.6 cm³/mol. The van der Waals surface area contributed by atoms with Crippen molar-refractivity contribution in [2.75, 3.05) is 19.8 Å². The number of hydrogen-bond acceptors (Lipinski definition) is 10. The largest absolute Gasteiger partial charge is 0.394 e. The molecule has 2 aliphatic heterocycles. The molecule has 0 saturated carbocycles. The van der Waals surface area contributed by atoms with Crippen LogP contribution in [0.15, 0.2) is 0 Å². The predicted octanol–water partition coefficient (Wildman–Crippen LogP) is -4.76. The summed E-state index contributed by atoms with van der Waals surface area (Å²) in [5, 5.41) is 66.6. The van der Waals surface area contributed by atoms with Crippen molar-refractivity contribution < 1.29 is 50.0 Å². The van der Waals surface area contributed by atoms with E-state index in [1.807, 2.05) is 0 Å². The highest BCUT2D eigenvalue weighted by Crippen LogP contribution is 2.29. The highest BCUT2D eigenvalue weighted by Gasteiger charge is 2.52. The smallest absolute Gasteiger partial charge is 0.189 e. The molecular formula is C11H20O10. The molecule has 7 N–H and O–H groups in total. The molecule has 2 rings (SSSR count). The van der Waals surface area contributed by atoms with Crippen LogP contribution in [-0.4, -0.2) is 104 Å². The third-order valence-corrected chi connectivity index (χ3v) is 3.70. The first-order chi connectivity index (χ1) is 9.84. The molecule has 0 aromatic heterocycles. The summed E-state index contributed by atoms with van der Waals surface area (Å²) in [6, 6.07) is 0. The number of aliphatic hydroxyl groups is 7. The highest BCUT2D eigenvalue weighted by atomic mass is 16.8. The summed E-state index contributed by atoms with van der Waals surface area (Å²) in [4.78, 5) is 0. The molecule has 8 atom stereocenters. The molecule has 0 aromatic carbocycles. The molecule has 2 aliphatic rings. The molecule has 2 unspecified atom stereocenters. The van der Waals surface area contributed by atoms with Crippen molar-refractivity contribution in [1.29, 1.82) is 0 Å². The van der Waals surface area contributed by atoms with Crippen LogP contribution in [0.1, 0.15) is 0 Å². The van der Waals surface area contributed by atoms with Gasteiger partial charge in [0.15, 0.2) is 12.6 Å². The molecular weight excluding hydrogens is 292 g/mol. The first-order valence-electron chi connectivity index (χ1n) is 6.43. The summed E-state index contributed by atoms with van der Waals surface area (Å²) in [5.41, 5.74) is -1.90. The average molecular weight is 312 g/mol. The lowest BCUT2D eigenvalue weighted by Gasteiger charge is -2.40. The van der Waals surface area contributed by atoms with Crippen LogP contribution in [0.4, 0.5) is 0 Å². The number of aliphatic hydroxyl groups excluding tert-OH is 6. The van der Waals surface area contributed by atoms with E-state index in [9.17, 15) is 25.5 Å². The van der Waals surface area contributed by atoms with E-state index in [0.717, 1.165) is 0 Å². The Kier molecular flexibility index (Phi) is 5.15. The lowest BCUT2D eigenvalue weighted by atomic mass is 9.99. The second kappa shape index (κ2) is 6.38. The van der Waals surface area contributed by atoms with Gasteiger partial charge in [-0.05, 0) is 0 Å². The third-order valence-electron chi connectivity index (χ3n) is 3.70. The molecule has 124 valence electrons. The monoisotopic (exact) mass is 312 g/mol.